The van der Waals surface area contributed by atoms with Crippen molar-refractivity contribution in [1.82, 2.24) is 4.90 Å². The highest BCUT2D eigenvalue weighted by molar-refractivity contribution is 5.18. The number of aliphatic hydroxyl groups is 2. The summed E-state index contributed by atoms with van der Waals surface area (Å²) < 4.78 is 12.8. The molecular weight excluding hydrogens is 257 g/mol. The number of benzene rings is 1. The molecule has 0 radical (unpaired) electrons. The first-order chi connectivity index (χ1) is 9.63. The van der Waals surface area contributed by atoms with E-state index in [1.54, 1.807) is 12.1 Å². The summed E-state index contributed by atoms with van der Waals surface area (Å²) in [6.07, 6.45) is 2.05. The Hall–Kier alpha value is -0.970. The summed E-state index contributed by atoms with van der Waals surface area (Å²) in [5.74, 6) is 0.785. The van der Waals surface area contributed by atoms with Gasteiger partial charge in [0.05, 0.1) is 12.2 Å². The van der Waals surface area contributed by atoms with Crippen molar-refractivity contribution in [2.75, 3.05) is 19.6 Å². The highest BCUT2D eigenvalue weighted by Crippen LogP contribution is 2.38. The Balaban J connectivity index is 1.49. The molecule has 3 rings (SSSR count). The van der Waals surface area contributed by atoms with E-state index >= 15 is 0 Å². The van der Waals surface area contributed by atoms with Crippen LogP contribution in [0, 0.1) is 17.7 Å². The number of hydrogen-bond acceptors (Lipinski definition) is 3. The summed E-state index contributed by atoms with van der Waals surface area (Å²) in [5.41, 5.74) is 0.769. The summed E-state index contributed by atoms with van der Waals surface area (Å²) in [7, 11) is 0. The Bertz CT molecular complexity index is 450. The minimum Gasteiger partial charge on any atom is -0.393 e. The van der Waals surface area contributed by atoms with Crippen molar-refractivity contribution in [2.24, 2.45) is 11.8 Å². The minimum absolute atomic E-state index is 0.132. The van der Waals surface area contributed by atoms with E-state index in [1.165, 1.54) is 12.1 Å². The second-order valence-electron chi connectivity index (χ2n) is 6.18. The zero-order valence-corrected chi connectivity index (χ0v) is 11.6. The van der Waals surface area contributed by atoms with Gasteiger partial charge in [0.25, 0.3) is 0 Å². The van der Waals surface area contributed by atoms with Crippen LogP contribution in [0.5, 0.6) is 0 Å². The molecule has 2 N–H and O–H groups in total. The normalized spacial score (nSPS) is 31.4. The van der Waals surface area contributed by atoms with E-state index in [-0.39, 0.29) is 11.9 Å². The molecule has 4 atom stereocenters. The predicted molar refractivity (Wildman–Crippen MR) is 74.6 cm³/mol. The van der Waals surface area contributed by atoms with E-state index < -0.39 is 6.10 Å². The maximum Gasteiger partial charge on any atom is 0.123 e. The van der Waals surface area contributed by atoms with Crippen molar-refractivity contribution in [3.05, 3.63) is 35.6 Å². The van der Waals surface area contributed by atoms with E-state index in [4.69, 9.17) is 0 Å². The molecule has 0 bridgehead atoms. The van der Waals surface area contributed by atoms with Gasteiger partial charge in [-0.15, -0.1) is 0 Å². The molecule has 0 aromatic heterocycles. The summed E-state index contributed by atoms with van der Waals surface area (Å²) in [5, 5.41) is 20.0. The lowest BCUT2D eigenvalue weighted by Crippen LogP contribution is -2.26. The summed E-state index contributed by atoms with van der Waals surface area (Å²) in [6, 6.07) is 6.05. The fourth-order valence-electron chi connectivity index (χ4n) is 3.67. The van der Waals surface area contributed by atoms with E-state index in [0.717, 1.165) is 38.0 Å². The number of nitrogens with zero attached hydrogens (tertiary/aromatic N) is 1. The molecule has 1 saturated heterocycles. The molecule has 4 heteroatoms. The van der Waals surface area contributed by atoms with Crippen LogP contribution in [-0.2, 0) is 0 Å². The van der Waals surface area contributed by atoms with Gasteiger partial charge in [0.15, 0.2) is 0 Å². The lowest BCUT2D eigenvalue weighted by molar-refractivity contribution is 0.117. The number of aliphatic hydroxyl groups excluding tert-OH is 2. The van der Waals surface area contributed by atoms with Crippen LogP contribution in [0.4, 0.5) is 4.39 Å². The van der Waals surface area contributed by atoms with Gasteiger partial charge in [-0.2, -0.15) is 0 Å². The molecule has 4 unspecified atom stereocenters. The molecule has 2 aliphatic rings. The maximum atomic E-state index is 12.8. The molecule has 1 heterocycles. The molecule has 110 valence electrons. The Kier molecular flexibility index (Phi) is 4.06. The van der Waals surface area contributed by atoms with Crippen LogP contribution in [-0.4, -0.2) is 40.9 Å². The minimum atomic E-state index is -0.541. The van der Waals surface area contributed by atoms with Gasteiger partial charge in [0.1, 0.15) is 5.82 Å². The van der Waals surface area contributed by atoms with Crippen molar-refractivity contribution in [3.8, 4) is 0 Å². The third kappa shape index (κ3) is 2.87. The third-order valence-corrected chi connectivity index (χ3v) is 4.87. The molecule has 1 saturated carbocycles. The van der Waals surface area contributed by atoms with Crippen molar-refractivity contribution < 1.29 is 14.6 Å². The summed E-state index contributed by atoms with van der Waals surface area (Å²) in [6.45, 7) is 2.82. The van der Waals surface area contributed by atoms with Crippen LogP contribution < -0.4 is 0 Å². The van der Waals surface area contributed by atoms with Gasteiger partial charge in [0.2, 0.25) is 0 Å². The fraction of sp³-hybridized carbons (Fsp3) is 0.625. The highest BCUT2D eigenvalue weighted by Gasteiger charge is 2.41. The van der Waals surface area contributed by atoms with E-state index in [0.29, 0.717) is 18.3 Å². The lowest BCUT2D eigenvalue weighted by Gasteiger charge is -2.20. The van der Waals surface area contributed by atoms with Gasteiger partial charge in [-0.05, 0) is 42.9 Å². The molecule has 3 nitrogen and oxygen atoms in total. The smallest absolute Gasteiger partial charge is 0.123 e. The number of fused-ring (bicyclic) bond motifs is 1. The molecule has 1 aliphatic carbocycles. The zero-order valence-electron chi connectivity index (χ0n) is 11.6. The first-order valence-electron chi connectivity index (χ1n) is 7.47. The zero-order chi connectivity index (χ0) is 14.1. The van der Waals surface area contributed by atoms with Gasteiger partial charge in [-0.3, -0.25) is 0 Å². The molecule has 20 heavy (non-hydrogen) atoms. The van der Waals surface area contributed by atoms with Gasteiger partial charge in [0, 0.05) is 25.6 Å². The number of likely N-dealkylation sites (tertiary alicyclic amines) is 1. The second-order valence-corrected chi connectivity index (χ2v) is 6.18. The standard InChI is InChI=1S/C16H22FNO2/c17-13-4-1-11(2-5-13)15(19)7-8-18-9-12-3-6-16(20)14(12)10-18/h1-2,4-5,12,14-16,19-20H,3,6-10H2. The largest absolute Gasteiger partial charge is 0.393 e. The predicted octanol–water partition coefficient (Wildman–Crippen LogP) is 1.95. The molecule has 0 amide bonds. The topological polar surface area (TPSA) is 43.7 Å². The average Bonchev–Trinajstić information content (AvgIpc) is 2.99. The SMILES string of the molecule is OC(CCN1CC2CCC(O)C2C1)c1ccc(F)cc1. The van der Waals surface area contributed by atoms with Crippen molar-refractivity contribution >= 4 is 0 Å². The highest BCUT2D eigenvalue weighted by atomic mass is 19.1. The van der Waals surface area contributed by atoms with E-state index in [2.05, 4.69) is 4.90 Å². The number of halogens is 1. The van der Waals surface area contributed by atoms with Crippen molar-refractivity contribution in [1.29, 1.82) is 0 Å². The summed E-state index contributed by atoms with van der Waals surface area (Å²) in [4.78, 5) is 2.34. The lowest BCUT2D eigenvalue weighted by atomic mass is 10.00. The van der Waals surface area contributed by atoms with Crippen LogP contribution in [0.25, 0.3) is 0 Å². The van der Waals surface area contributed by atoms with E-state index in [1.807, 2.05) is 0 Å². The number of hydrogen-bond donors (Lipinski definition) is 2. The Morgan fingerprint density at radius 1 is 1.20 bits per heavy atom. The first-order valence-corrected chi connectivity index (χ1v) is 7.47. The van der Waals surface area contributed by atoms with Gasteiger partial charge in [-0.25, -0.2) is 4.39 Å². The molecule has 0 spiro atoms. The fourth-order valence-corrected chi connectivity index (χ4v) is 3.67. The third-order valence-electron chi connectivity index (χ3n) is 4.87. The monoisotopic (exact) mass is 279 g/mol. The van der Waals surface area contributed by atoms with Gasteiger partial charge < -0.3 is 15.1 Å². The molecule has 1 aromatic rings. The quantitative estimate of drug-likeness (QED) is 0.885. The second kappa shape index (κ2) is 5.80. The Labute approximate surface area is 119 Å². The molecule has 1 aromatic carbocycles. The van der Waals surface area contributed by atoms with Gasteiger partial charge in [-0.1, -0.05) is 12.1 Å². The van der Waals surface area contributed by atoms with Crippen LogP contribution in [0.1, 0.15) is 30.9 Å². The number of rotatable bonds is 4. The Morgan fingerprint density at radius 3 is 2.65 bits per heavy atom. The maximum absolute atomic E-state index is 12.8. The first kappa shape index (κ1) is 14.0. The average molecular weight is 279 g/mol. The van der Waals surface area contributed by atoms with Gasteiger partial charge >= 0.3 is 0 Å². The van der Waals surface area contributed by atoms with Crippen molar-refractivity contribution in [3.63, 3.8) is 0 Å². The van der Waals surface area contributed by atoms with Crippen LogP contribution in [0.2, 0.25) is 0 Å². The Morgan fingerprint density at radius 2 is 1.95 bits per heavy atom. The summed E-state index contributed by atoms with van der Waals surface area (Å²) >= 11 is 0. The molecular formula is C16H22FNO2. The van der Waals surface area contributed by atoms with Crippen LogP contribution in [0.15, 0.2) is 24.3 Å². The van der Waals surface area contributed by atoms with E-state index in [9.17, 15) is 14.6 Å². The van der Waals surface area contributed by atoms with Crippen LogP contribution in [0.3, 0.4) is 0 Å². The van der Waals surface area contributed by atoms with Crippen LogP contribution >= 0.6 is 0 Å². The van der Waals surface area contributed by atoms with Crippen molar-refractivity contribution in [2.45, 2.75) is 31.5 Å². The molecule has 2 fully saturated rings. The molecule has 1 aliphatic heterocycles.